The summed E-state index contributed by atoms with van der Waals surface area (Å²) >= 11 is 0. The number of para-hydroxylation sites is 1. The number of nitrogens with zero attached hydrogens (tertiary/aromatic N) is 3. The summed E-state index contributed by atoms with van der Waals surface area (Å²) in [4.78, 5) is 15.3. The Morgan fingerprint density at radius 1 is 0.264 bits per heavy atom. The largest absolute Gasteiger partial charge is 0.456 e. The molecular formula is C49H31N3O. The zero-order valence-electron chi connectivity index (χ0n) is 28.6. The average molecular weight is 678 g/mol. The summed E-state index contributed by atoms with van der Waals surface area (Å²) in [6, 6.07) is 65.3. The average Bonchev–Trinajstić information content (AvgIpc) is 3.62. The minimum atomic E-state index is 0.612. The highest BCUT2D eigenvalue weighted by atomic mass is 16.3. The predicted molar refractivity (Wildman–Crippen MR) is 217 cm³/mol. The van der Waals surface area contributed by atoms with E-state index < -0.39 is 0 Å². The van der Waals surface area contributed by atoms with Gasteiger partial charge in [-0.1, -0.05) is 146 Å². The Morgan fingerprint density at radius 2 is 0.679 bits per heavy atom. The van der Waals surface area contributed by atoms with Gasteiger partial charge in [0.2, 0.25) is 0 Å². The second-order valence-electron chi connectivity index (χ2n) is 13.3. The topological polar surface area (TPSA) is 51.8 Å². The Bertz CT molecular complexity index is 2950. The van der Waals surface area contributed by atoms with Crippen LogP contribution in [0.2, 0.25) is 0 Å². The van der Waals surface area contributed by atoms with E-state index >= 15 is 0 Å². The molecule has 53 heavy (non-hydrogen) atoms. The van der Waals surface area contributed by atoms with E-state index in [1.54, 1.807) is 0 Å². The first-order chi connectivity index (χ1) is 26.2. The maximum atomic E-state index is 6.23. The quantitative estimate of drug-likeness (QED) is 0.176. The maximum Gasteiger partial charge on any atom is 0.164 e. The lowest BCUT2D eigenvalue weighted by molar-refractivity contribution is 0.669. The normalized spacial score (nSPS) is 11.4. The second-order valence-corrected chi connectivity index (χ2v) is 13.3. The molecule has 0 saturated heterocycles. The van der Waals surface area contributed by atoms with Crippen molar-refractivity contribution < 1.29 is 4.42 Å². The Hall–Kier alpha value is -7.17. The third kappa shape index (κ3) is 5.82. The molecule has 0 aliphatic heterocycles. The lowest BCUT2D eigenvalue weighted by atomic mass is 9.99. The first-order valence-corrected chi connectivity index (χ1v) is 17.8. The molecule has 248 valence electrons. The van der Waals surface area contributed by atoms with Gasteiger partial charge >= 0.3 is 0 Å². The first kappa shape index (κ1) is 30.6. The van der Waals surface area contributed by atoms with Crippen molar-refractivity contribution >= 4 is 32.7 Å². The van der Waals surface area contributed by atoms with Gasteiger partial charge in [-0.3, -0.25) is 0 Å². The predicted octanol–water partition coefficient (Wildman–Crippen LogP) is 12.9. The molecule has 4 nitrogen and oxygen atoms in total. The van der Waals surface area contributed by atoms with E-state index in [0.29, 0.717) is 17.5 Å². The van der Waals surface area contributed by atoms with Crippen LogP contribution in [0.5, 0.6) is 0 Å². The number of hydrogen-bond acceptors (Lipinski definition) is 4. The van der Waals surface area contributed by atoms with Crippen molar-refractivity contribution in [3.8, 4) is 67.5 Å². The third-order valence-electron chi connectivity index (χ3n) is 9.90. The molecular weight excluding hydrogens is 647 g/mol. The molecule has 0 radical (unpaired) electrons. The van der Waals surface area contributed by atoms with E-state index in [0.717, 1.165) is 71.7 Å². The van der Waals surface area contributed by atoms with Crippen molar-refractivity contribution in [1.29, 1.82) is 0 Å². The smallest absolute Gasteiger partial charge is 0.164 e. The van der Waals surface area contributed by atoms with Crippen molar-refractivity contribution in [1.82, 2.24) is 15.0 Å². The van der Waals surface area contributed by atoms with E-state index in [1.807, 2.05) is 30.3 Å². The number of rotatable bonds is 6. The van der Waals surface area contributed by atoms with Crippen LogP contribution in [0.3, 0.4) is 0 Å². The number of furan rings is 1. The molecule has 4 heteroatoms. The van der Waals surface area contributed by atoms with Crippen LogP contribution in [0.15, 0.2) is 192 Å². The summed E-state index contributed by atoms with van der Waals surface area (Å²) in [5.74, 6) is 1.86. The van der Waals surface area contributed by atoms with Crippen molar-refractivity contribution in [2.24, 2.45) is 0 Å². The van der Waals surface area contributed by atoms with Crippen LogP contribution in [-0.2, 0) is 0 Å². The van der Waals surface area contributed by atoms with Crippen LogP contribution >= 0.6 is 0 Å². The zero-order valence-corrected chi connectivity index (χ0v) is 28.6. The van der Waals surface area contributed by atoms with Gasteiger partial charge in [-0.25, -0.2) is 15.0 Å². The van der Waals surface area contributed by atoms with Gasteiger partial charge < -0.3 is 4.42 Å². The monoisotopic (exact) mass is 677 g/mol. The first-order valence-electron chi connectivity index (χ1n) is 17.8. The molecule has 0 aliphatic rings. The van der Waals surface area contributed by atoms with Crippen LogP contribution < -0.4 is 0 Å². The lowest BCUT2D eigenvalue weighted by Crippen LogP contribution is -2.00. The molecule has 0 unspecified atom stereocenters. The van der Waals surface area contributed by atoms with E-state index in [2.05, 4.69) is 158 Å². The molecule has 0 amide bonds. The van der Waals surface area contributed by atoms with Crippen LogP contribution in [0.1, 0.15) is 0 Å². The summed E-state index contributed by atoms with van der Waals surface area (Å²) < 4.78 is 6.23. The molecule has 0 bridgehead atoms. The van der Waals surface area contributed by atoms with Gasteiger partial charge in [-0.2, -0.15) is 0 Å². The van der Waals surface area contributed by atoms with Gasteiger partial charge in [0, 0.05) is 27.5 Å². The van der Waals surface area contributed by atoms with Crippen molar-refractivity contribution in [3.63, 3.8) is 0 Å². The highest BCUT2D eigenvalue weighted by Gasteiger charge is 2.15. The van der Waals surface area contributed by atoms with Gasteiger partial charge in [0.05, 0.1) is 0 Å². The molecule has 0 N–H and O–H groups in total. The van der Waals surface area contributed by atoms with Gasteiger partial charge in [0.25, 0.3) is 0 Å². The minimum absolute atomic E-state index is 0.612. The summed E-state index contributed by atoms with van der Waals surface area (Å²) in [5, 5.41) is 4.51. The van der Waals surface area contributed by atoms with Crippen LogP contribution in [-0.4, -0.2) is 15.0 Å². The standard InChI is InChI=1S/C49H31N3O/c1-3-11-32(12-4-1)34-15-9-17-40(28-34)47-50-48(41-18-10-16-35(29-41)39-25-26-44-43-19-7-8-20-45(43)53-46(44)31-39)52-49(51-47)42-24-23-37-27-36(21-22-38(37)30-42)33-13-5-2-6-14-33/h1-31H. The van der Waals surface area contributed by atoms with Crippen LogP contribution in [0.4, 0.5) is 0 Å². The summed E-state index contributed by atoms with van der Waals surface area (Å²) in [5.41, 5.74) is 11.3. The summed E-state index contributed by atoms with van der Waals surface area (Å²) in [7, 11) is 0. The Balaban J connectivity index is 1.09. The summed E-state index contributed by atoms with van der Waals surface area (Å²) in [6.07, 6.45) is 0. The molecule has 2 aromatic heterocycles. The lowest BCUT2D eigenvalue weighted by Gasteiger charge is -2.11. The van der Waals surface area contributed by atoms with E-state index in [1.165, 1.54) is 11.1 Å². The number of fused-ring (bicyclic) bond motifs is 4. The number of hydrogen-bond donors (Lipinski definition) is 0. The fraction of sp³-hybridized carbons (Fsp3) is 0. The highest BCUT2D eigenvalue weighted by Crippen LogP contribution is 2.35. The molecule has 2 heterocycles. The number of benzene rings is 8. The molecule has 8 aromatic carbocycles. The van der Waals surface area contributed by atoms with Gasteiger partial charge in [0.1, 0.15) is 11.2 Å². The third-order valence-corrected chi connectivity index (χ3v) is 9.90. The Morgan fingerprint density at radius 3 is 1.32 bits per heavy atom. The number of aromatic nitrogens is 3. The van der Waals surface area contributed by atoms with Gasteiger partial charge in [0.15, 0.2) is 17.5 Å². The van der Waals surface area contributed by atoms with Crippen molar-refractivity contribution in [3.05, 3.63) is 188 Å². The molecule has 10 aromatic rings. The van der Waals surface area contributed by atoms with Crippen LogP contribution in [0, 0.1) is 0 Å². The Kier molecular flexibility index (Phi) is 7.43. The molecule has 0 spiro atoms. The van der Waals surface area contributed by atoms with Crippen LogP contribution in [0.25, 0.3) is 100 Å². The van der Waals surface area contributed by atoms with E-state index in [-0.39, 0.29) is 0 Å². The SMILES string of the molecule is c1ccc(-c2cccc(-c3nc(-c4cccc(-c5ccc6c(c5)oc5ccccc56)c4)nc(-c4ccc5cc(-c6ccccc6)ccc5c4)n3)c2)cc1. The molecule has 0 saturated carbocycles. The van der Waals surface area contributed by atoms with Gasteiger partial charge in [-0.05, 0) is 86.6 Å². The maximum absolute atomic E-state index is 6.23. The molecule has 0 fully saturated rings. The van der Waals surface area contributed by atoms with E-state index in [9.17, 15) is 0 Å². The fourth-order valence-corrected chi connectivity index (χ4v) is 7.17. The van der Waals surface area contributed by atoms with Crippen molar-refractivity contribution in [2.45, 2.75) is 0 Å². The van der Waals surface area contributed by atoms with Crippen molar-refractivity contribution in [2.75, 3.05) is 0 Å². The molecule has 0 aliphatic carbocycles. The Labute approximate surface area is 306 Å². The molecule has 10 rings (SSSR count). The molecule has 0 atom stereocenters. The highest BCUT2D eigenvalue weighted by molar-refractivity contribution is 6.06. The van der Waals surface area contributed by atoms with Gasteiger partial charge in [-0.15, -0.1) is 0 Å². The fourth-order valence-electron chi connectivity index (χ4n) is 7.17. The minimum Gasteiger partial charge on any atom is -0.456 e. The van der Waals surface area contributed by atoms with E-state index in [4.69, 9.17) is 19.4 Å². The second kappa shape index (κ2) is 12.9. The summed E-state index contributed by atoms with van der Waals surface area (Å²) in [6.45, 7) is 0. The zero-order chi connectivity index (χ0) is 35.1.